The van der Waals surface area contributed by atoms with Crippen LogP contribution >= 0.6 is 0 Å². The van der Waals surface area contributed by atoms with E-state index in [4.69, 9.17) is 9.52 Å². The number of unbranched alkanes of at least 4 members (excludes halogenated alkanes) is 7. The molecule has 0 bridgehead atoms. The Hall–Kier alpha value is -2.24. The first-order valence-electron chi connectivity index (χ1n) is 10.8. The van der Waals surface area contributed by atoms with Crippen LogP contribution in [0.2, 0.25) is 0 Å². The Morgan fingerprint density at radius 2 is 1.96 bits per heavy atom. The van der Waals surface area contributed by atoms with E-state index in [1.54, 1.807) is 0 Å². The van der Waals surface area contributed by atoms with E-state index in [0.29, 0.717) is 12.6 Å². The Morgan fingerprint density at radius 1 is 1.21 bits per heavy atom. The topological polar surface area (TPSA) is 78.6 Å². The van der Waals surface area contributed by atoms with Crippen LogP contribution in [0.5, 0.6) is 0 Å². The van der Waals surface area contributed by atoms with E-state index in [-0.39, 0.29) is 6.04 Å². The molecule has 2 N–H and O–H groups in total. The summed E-state index contributed by atoms with van der Waals surface area (Å²) in [5.74, 6) is 0. The van der Waals surface area contributed by atoms with Crippen LogP contribution in [0.4, 0.5) is 10.8 Å². The van der Waals surface area contributed by atoms with Gasteiger partial charge in [-0.3, -0.25) is 0 Å². The molecular formula is C22H33N3O3. The zero-order valence-corrected chi connectivity index (χ0v) is 17.0. The van der Waals surface area contributed by atoms with E-state index in [1.165, 1.54) is 56.9 Å². The minimum atomic E-state index is -0.977. The molecule has 1 aromatic heterocycles. The fraction of sp³-hybridized carbons (Fsp3) is 0.636. The van der Waals surface area contributed by atoms with Crippen LogP contribution in [0, 0.1) is 0 Å². The molecule has 154 valence electrons. The quantitative estimate of drug-likeness (QED) is 0.508. The number of carboxylic acid groups (broad SMARTS) is 1. The summed E-state index contributed by atoms with van der Waals surface area (Å²) < 4.78 is 5.89. The highest BCUT2D eigenvalue weighted by atomic mass is 16.4. The summed E-state index contributed by atoms with van der Waals surface area (Å²) in [6, 6.07) is 6.80. The van der Waals surface area contributed by atoms with Gasteiger partial charge in [0.25, 0.3) is 6.01 Å². The molecule has 1 amide bonds. The molecule has 1 aliphatic rings. The van der Waals surface area contributed by atoms with Crippen LogP contribution in [0.15, 0.2) is 22.6 Å². The maximum atomic E-state index is 10.8. The summed E-state index contributed by atoms with van der Waals surface area (Å²) in [6.07, 6.45) is 11.5. The van der Waals surface area contributed by atoms with Crippen molar-refractivity contribution in [1.29, 1.82) is 0 Å². The monoisotopic (exact) mass is 387 g/mol. The second-order valence-electron chi connectivity index (χ2n) is 7.90. The number of hydrogen-bond donors (Lipinski definition) is 2. The standard InChI is InChI=1S/C22H33N3O3/c1-2-3-4-5-6-7-8-9-10-17-11-12-20-19(15-17)24-21(28-20)25-14-13-18(16-25)23-22(26)27/h11-12,15,18,23H,2-10,13-14,16H2,1H3,(H,26,27)/t18-/m1/s1. The average molecular weight is 388 g/mol. The van der Waals surface area contributed by atoms with E-state index < -0.39 is 6.09 Å². The molecule has 1 saturated heterocycles. The number of carbonyl (C=O) groups is 1. The summed E-state index contributed by atoms with van der Waals surface area (Å²) in [5, 5.41) is 11.4. The second kappa shape index (κ2) is 10.3. The third-order valence-corrected chi connectivity index (χ3v) is 5.55. The predicted octanol–water partition coefficient (Wildman–Crippen LogP) is 5.36. The fourth-order valence-electron chi connectivity index (χ4n) is 3.94. The fourth-order valence-corrected chi connectivity index (χ4v) is 3.94. The summed E-state index contributed by atoms with van der Waals surface area (Å²) >= 11 is 0. The van der Waals surface area contributed by atoms with Gasteiger partial charge in [-0.25, -0.2) is 4.79 Å². The highest BCUT2D eigenvalue weighted by Crippen LogP contribution is 2.26. The summed E-state index contributed by atoms with van der Waals surface area (Å²) in [4.78, 5) is 17.4. The van der Waals surface area contributed by atoms with E-state index >= 15 is 0 Å². The minimum absolute atomic E-state index is 0.0648. The zero-order valence-electron chi connectivity index (χ0n) is 17.0. The smallest absolute Gasteiger partial charge is 0.404 e. The van der Waals surface area contributed by atoms with Crippen LogP contribution in [0.25, 0.3) is 11.1 Å². The van der Waals surface area contributed by atoms with Gasteiger partial charge in [0.2, 0.25) is 0 Å². The van der Waals surface area contributed by atoms with Crippen LogP contribution < -0.4 is 10.2 Å². The number of aromatic nitrogens is 1. The molecule has 0 unspecified atom stereocenters. The van der Waals surface area contributed by atoms with Gasteiger partial charge >= 0.3 is 6.09 Å². The SMILES string of the molecule is CCCCCCCCCCc1ccc2oc(N3CC[C@@H](NC(=O)O)C3)nc2c1. The van der Waals surface area contributed by atoms with Gasteiger partial charge in [-0.05, 0) is 37.0 Å². The number of nitrogens with one attached hydrogen (secondary N) is 1. The first-order chi connectivity index (χ1) is 13.7. The molecule has 6 heteroatoms. The highest BCUT2D eigenvalue weighted by Gasteiger charge is 2.27. The van der Waals surface area contributed by atoms with Crippen molar-refractivity contribution in [3.05, 3.63) is 23.8 Å². The number of benzene rings is 1. The van der Waals surface area contributed by atoms with Gasteiger partial charge in [-0.1, -0.05) is 57.9 Å². The number of hydrogen-bond acceptors (Lipinski definition) is 4. The Kier molecular flexibility index (Phi) is 7.57. The van der Waals surface area contributed by atoms with Gasteiger partial charge in [0.05, 0.1) is 6.04 Å². The van der Waals surface area contributed by atoms with Gasteiger partial charge in [-0.15, -0.1) is 0 Å². The Morgan fingerprint density at radius 3 is 2.71 bits per heavy atom. The molecule has 0 saturated carbocycles. The van der Waals surface area contributed by atoms with Crippen molar-refractivity contribution in [1.82, 2.24) is 10.3 Å². The molecule has 0 spiro atoms. The first kappa shape index (κ1) is 20.5. The van der Waals surface area contributed by atoms with E-state index in [1.807, 2.05) is 11.0 Å². The Labute approximate surface area is 167 Å². The van der Waals surface area contributed by atoms with E-state index in [9.17, 15) is 4.79 Å². The Balaban J connectivity index is 1.46. The number of aryl methyl sites for hydroxylation is 1. The highest BCUT2D eigenvalue weighted by molar-refractivity contribution is 5.75. The molecule has 3 rings (SSSR count). The van der Waals surface area contributed by atoms with Crippen LogP contribution in [-0.4, -0.2) is 35.3 Å². The number of amides is 1. The molecule has 28 heavy (non-hydrogen) atoms. The Bertz CT molecular complexity index is 759. The molecule has 1 atom stereocenters. The van der Waals surface area contributed by atoms with Crippen molar-refractivity contribution in [3.8, 4) is 0 Å². The lowest BCUT2D eigenvalue weighted by molar-refractivity contribution is 0.191. The summed E-state index contributed by atoms with van der Waals surface area (Å²) in [7, 11) is 0. The third-order valence-electron chi connectivity index (χ3n) is 5.55. The maximum Gasteiger partial charge on any atom is 0.404 e. The van der Waals surface area contributed by atoms with Crippen LogP contribution in [-0.2, 0) is 6.42 Å². The summed E-state index contributed by atoms with van der Waals surface area (Å²) in [6.45, 7) is 3.61. The second-order valence-corrected chi connectivity index (χ2v) is 7.90. The largest absolute Gasteiger partial charge is 0.465 e. The van der Waals surface area contributed by atoms with Gasteiger partial charge in [-0.2, -0.15) is 4.98 Å². The number of fused-ring (bicyclic) bond motifs is 1. The molecule has 2 aromatic rings. The van der Waals surface area contributed by atoms with Gasteiger partial charge in [0.15, 0.2) is 5.58 Å². The first-order valence-corrected chi connectivity index (χ1v) is 10.8. The van der Waals surface area contributed by atoms with Crippen LogP contribution in [0.3, 0.4) is 0 Å². The van der Waals surface area contributed by atoms with E-state index in [0.717, 1.165) is 30.5 Å². The summed E-state index contributed by atoms with van der Waals surface area (Å²) in [5.41, 5.74) is 3.00. The van der Waals surface area contributed by atoms with E-state index in [2.05, 4.69) is 29.4 Å². The average Bonchev–Trinajstić information content (AvgIpc) is 3.29. The number of rotatable bonds is 11. The normalized spacial score (nSPS) is 16.8. The molecule has 0 radical (unpaired) electrons. The molecule has 2 heterocycles. The lowest BCUT2D eigenvalue weighted by atomic mass is 10.0. The van der Waals surface area contributed by atoms with Crippen LogP contribution in [0.1, 0.15) is 70.3 Å². The van der Waals surface area contributed by atoms with Crippen molar-refractivity contribution in [2.24, 2.45) is 0 Å². The molecular weight excluding hydrogens is 354 g/mol. The maximum absolute atomic E-state index is 10.8. The van der Waals surface area contributed by atoms with Crippen molar-refractivity contribution in [3.63, 3.8) is 0 Å². The zero-order chi connectivity index (χ0) is 19.8. The van der Waals surface area contributed by atoms with Crippen molar-refractivity contribution in [2.75, 3.05) is 18.0 Å². The lowest BCUT2D eigenvalue weighted by Crippen LogP contribution is -2.36. The molecule has 1 fully saturated rings. The van der Waals surface area contributed by atoms with Gasteiger partial charge in [0, 0.05) is 13.1 Å². The van der Waals surface area contributed by atoms with Crippen molar-refractivity contribution < 1.29 is 14.3 Å². The molecule has 6 nitrogen and oxygen atoms in total. The third kappa shape index (κ3) is 5.88. The molecule has 0 aliphatic carbocycles. The number of anilines is 1. The van der Waals surface area contributed by atoms with Gasteiger partial charge in [0.1, 0.15) is 5.52 Å². The molecule has 1 aliphatic heterocycles. The van der Waals surface area contributed by atoms with Gasteiger partial charge < -0.3 is 19.7 Å². The number of oxazole rings is 1. The van der Waals surface area contributed by atoms with Crippen molar-refractivity contribution >= 4 is 23.2 Å². The molecule has 1 aromatic carbocycles. The minimum Gasteiger partial charge on any atom is -0.465 e. The number of nitrogens with zero attached hydrogens (tertiary/aromatic N) is 2. The van der Waals surface area contributed by atoms with Crippen molar-refractivity contribution in [2.45, 2.75) is 77.2 Å². The lowest BCUT2D eigenvalue weighted by Gasteiger charge is -2.13. The predicted molar refractivity (Wildman–Crippen MR) is 112 cm³/mol.